The molecule has 2 aliphatic carbocycles. The molecule has 0 aromatic carbocycles. The molecule has 0 aromatic rings. The van der Waals surface area contributed by atoms with Gasteiger partial charge < -0.3 is 10.2 Å². The average Bonchev–Trinajstić information content (AvgIpc) is 3.16. The zero-order chi connectivity index (χ0) is 14.6. The maximum atomic E-state index is 13.5. The zero-order valence-corrected chi connectivity index (χ0v) is 10.7. The molecule has 0 saturated heterocycles. The van der Waals surface area contributed by atoms with Crippen LogP contribution in [0.25, 0.3) is 0 Å². The highest BCUT2D eigenvalue weighted by Gasteiger charge is 2.45. The SMILES string of the molecule is C=CC1CC1.CC1(C(=O)O)C=CC=C(C(=O)O)C1F. The predicted molar refractivity (Wildman–Crippen MR) is 68.4 cm³/mol. The van der Waals surface area contributed by atoms with Gasteiger partial charge in [-0.2, -0.15) is 0 Å². The van der Waals surface area contributed by atoms with E-state index in [0.717, 1.165) is 25.0 Å². The molecule has 1 fully saturated rings. The van der Waals surface area contributed by atoms with Gasteiger partial charge in [-0.25, -0.2) is 9.18 Å². The van der Waals surface area contributed by atoms with Crippen LogP contribution < -0.4 is 0 Å². The summed E-state index contributed by atoms with van der Waals surface area (Å²) < 4.78 is 13.5. The lowest BCUT2D eigenvalue weighted by Crippen LogP contribution is -2.39. The molecular weight excluding hydrogens is 251 g/mol. The van der Waals surface area contributed by atoms with Crippen LogP contribution in [0.15, 0.2) is 36.5 Å². The third-order valence-electron chi connectivity index (χ3n) is 3.18. The van der Waals surface area contributed by atoms with E-state index in [9.17, 15) is 14.0 Å². The first-order valence-corrected chi connectivity index (χ1v) is 5.95. The molecular formula is C14H17FO4. The quantitative estimate of drug-likeness (QED) is 0.771. The minimum Gasteiger partial charge on any atom is -0.481 e. The smallest absolute Gasteiger partial charge is 0.334 e. The number of alkyl halides is 1. The number of halogens is 1. The second-order valence-electron chi connectivity index (χ2n) is 4.81. The highest BCUT2D eigenvalue weighted by Crippen LogP contribution is 2.34. The second-order valence-corrected chi connectivity index (χ2v) is 4.81. The van der Waals surface area contributed by atoms with Crippen molar-refractivity contribution in [3.8, 4) is 0 Å². The molecule has 2 atom stereocenters. The minimum absolute atomic E-state index is 0.530. The Bertz CT molecular complexity index is 448. The van der Waals surface area contributed by atoms with E-state index in [4.69, 9.17) is 10.2 Å². The van der Waals surface area contributed by atoms with Crippen LogP contribution in [0.2, 0.25) is 0 Å². The van der Waals surface area contributed by atoms with Crippen molar-refractivity contribution in [1.29, 1.82) is 0 Å². The standard InChI is InChI=1S/C9H9FO4.C5H8/c1-9(8(13)14)4-2-3-5(6(9)10)7(11)12;1-2-5-3-4-5/h2-4,6H,1H3,(H,11,12)(H,13,14);2,5H,1,3-4H2. The van der Waals surface area contributed by atoms with Crippen LogP contribution in [0.1, 0.15) is 19.8 Å². The van der Waals surface area contributed by atoms with E-state index < -0.39 is 29.1 Å². The molecule has 1 saturated carbocycles. The molecule has 0 aliphatic heterocycles. The van der Waals surface area contributed by atoms with E-state index in [1.54, 1.807) is 0 Å². The number of hydrogen-bond donors (Lipinski definition) is 2. The summed E-state index contributed by atoms with van der Waals surface area (Å²) in [6.07, 6.45) is 6.24. The Balaban J connectivity index is 0.000000300. The molecule has 0 heterocycles. The molecule has 2 N–H and O–H groups in total. The van der Waals surface area contributed by atoms with Crippen molar-refractivity contribution in [2.75, 3.05) is 0 Å². The van der Waals surface area contributed by atoms with E-state index in [1.165, 1.54) is 18.9 Å². The van der Waals surface area contributed by atoms with Crippen LogP contribution in [0, 0.1) is 11.3 Å². The lowest BCUT2D eigenvalue weighted by atomic mass is 9.78. The molecule has 2 rings (SSSR count). The van der Waals surface area contributed by atoms with Gasteiger partial charge in [0.2, 0.25) is 0 Å². The second kappa shape index (κ2) is 5.82. The maximum Gasteiger partial charge on any atom is 0.334 e. The number of allylic oxidation sites excluding steroid dienone is 3. The molecule has 0 bridgehead atoms. The third kappa shape index (κ3) is 3.53. The third-order valence-corrected chi connectivity index (χ3v) is 3.18. The summed E-state index contributed by atoms with van der Waals surface area (Å²) in [5, 5.41) is 17.3. The molecule has 0 aromatic heterocycles. The van der Waals surface area contributed by atoms with Crippen molar-refractivity contribution in [2.45, 2.75) is 25.9 Å². The zero-order valence-electron chi connectivity index (χ0n) is 10.7. The summed E-state index contributed by atoms with van der Waals surface area (Å²) in [6, 6.07) is 0. The number of hydrogen-bond acceptors (Lipinski definition) is 2. The van der Waals surface area contributed by atoms with Crippen molar-refractivity contribution in [3.63, 3.8) is 0 Å². The first-order valence-electron chi connectivity index (χ1n) is 5.95. The van der Waals surface area contributed by atoms with Crippen molar-refractivity contribution in [3.05, 3.63) is 36.5 Å². The Morgan fingerprint density at radius 2 is 2.05 bits per heavy atom. The molecule has 5 heteroatoms. The summed E-state index contributed by atoms with van der Waals surface area (Å²) in [5.74, 6) is -1.92. The van der Waals surface area contributed by atoms with Gasteiger partial charge in [0.25, 0.3) is 0 Å². The van der Waals surface area contributed by atoms with Crippen molar-refractivity contribution < 1.29 is 24.2 Å². The van der Waals surface area contributed by atoms with E-state index in [1.807, 2.05) is 6.08 Å². The van der Waals surface area contributed by atoms with Crippen molar-refractivity contribution >= 4 is 11.9 Å². The number of carboxylic acids is 2. The molecule has 4 nitrogen and oxygen atoms in total. The molecule has 0 radical (unpaired) electrons. The van der Waals surface area contributed by atoms with Crippen LogP contribution in [-0.2, 0) is 9.59 Å². The molecule has 2 aliphatic rings. The number of carbonyl (C=O) groups is 2. The summed E-state index contributed by atoms with van der Waals surface area (Å²) >= 11 is 0. The van der Waals surface area contributed by atoms with E-state index >= 15 is 0 Å². The predicted octanol–water partition coefficient (Wildman–Crippen LogP) is 2.58. The van der Waals surface area contributed by atoms with Crippen LogP contribution >= 0.6 is 0 Å². The fraction of sp³-hybridized carbons (Fsp3) is 0.429. The van der Waals surface area contributed by atoms with Gasteiger partial charge in [0.1, 0.15) is 5.41 Å². The maximum absolute atomic E-state index is 13.5. The van der Waals surface area contributed by atoms with E-state index in [2.05, 4.69) is 6.58 Å². The average molecular weight is 268 g/mol. The van der Waals surface area contributed by atoms with Crippen molar-refractivity contribution in [1.82, 2.24) is 0 Å². The molecule has 0 spiro atoms. The van der Waals surface area contributed by atoms with Gasteiger partial charge in [0.05, 0.1) is 5.57 Å². The topological polar surface area (TPSA) is 74.6 Å². The first-order chi connectivity index (χ1) is 8.82. The van der Waals surface area contributed by atoms with Crippen LogP contribution in [0.4, 0.5) is 4.39 Å². The number of carboxylic acid groups (broad SMARTS) is 2. The van der Waals surface area contributed by atoms with Crippen LogP contribution in [0.3, 0.4) is 0 Å². The summed E-state index contributed by atoms with van der Waals surface area (Å²) in [7, 11) is 0. The van der Waals surface area contributed by atoms with Crippen molar-refractivity contribution in [2.24, 2.45) is 11.3 Å². The Morgan fingerprint density at radius 1 is 1.47 bits per heavy atom. The highest BCUT2D eigenvalue weighted by atomic mass is 19.1. The minimum atomic E-state index is -2.03. The molecule has 0 amide bonds. The molecule has 2 unspecified atom stereocenters. The Hall–Kier alpha value is -1.91. The highest BCUT2D eigenvalue weighted by molar-refractivity contribution is 5.91. The summed E-state index contributed by atoms with van der Waals surface area (Å²) in [5.41, 5.74) is -2.32. The first kappa shape index (κ1) is 15.1. The largest absolute Gasteiger partial charge is 0.481 e. The Kier molecular flexibility index (Phi) is 4.64. The van der Waals surface area contributed by atoms with Gasteiger partial charge in [-0.1, -0.05) is 18.2 Å². The van der Waals surface area contributed by atoms with Gasteiger partial charge in [-0.05, 0) is 31.8 Å². The normalized spacial score (nSPS) is 28.7. The lowest BCUT2D eigenvalue weighted by Gasteiger charge is -2.27. The van der Waals surface area contributed by atoms with Gasteiger partial charge >= 0.3 is 11.9 Å². The van der Waals surface area contributed by atoms with Gasteiger partial charge in [-0.3, -0.25) is 4.79 Å². The Morgan fingerprint density at radius 3 is 2.37 bits per heavy atom. The fourth-order valence-corrected chi connectivity index (χ4v) is 1.53. The molecule has 104 valence electrons. The number of rotatable bonds is 3. The summed E-state index contributed by atoms with van der Waals surface area (Å²) in [4.78, 5) is 21.3. The van der Waals surface area contributed by atoms with E-state index in [-0.39, 0.29) is 0 Å². The number of aliphatic carboxylic acids is 2. The Labute approximate surface area is 110 Å². The van der Waals surface area contributed by atoms with Crippen LogP contribution in [-0.4, -0.2) is 28.3 Å². The van der Waals surface area contributed by atoms with Gasteiger partial charge in [0.15, 0.2) is 6.17 Å². The monoisotopic (exact) mass is 268 g/mol. The van der Waals surface area contributed by atoms with Crippen LogP contribution in [0.5, 0.6) is 0 Å². The molecule has 19 heavy (non-hydrogen) atoms. The fourth-order valence-electron chi connectivity index (χ4n) is 1.53. The van der Waals surface area contributed by atoms with Gasteiger partial charge in [-0.15, -0.1) is 6.58 Å². The lowest BCUT2D eigenvalue weighted by molar-refractivity contribution is -0.148. The summed E-state index contributed by atoms with van der Waals surface area (Å²) in [6.45, 7) is 4.77. The van der Waals surface area contributed by atoms with Gasteiger partial charge in [0, 0.05) is 0 Å². The van der Waals surface area contributed by atoms with E-state index in [0.29, 0.717) is 0 Å².